The smallest absolute Gasteiger partial charge is 0.140 e. The van der Waals surface area contributed by atoms with Gasteiger partial charge in [-0.05, 0) is 46.9 Å². The molecular weight excluding hydrogens is 384 g/mol. The minimum atomic E-state index is -0.299. The number of hydrogen-bond donors (Lipinski definition) is 0. The average molecular weight is 395 g/mol. The van der Waals surface area contributed by atoms with Crippen molar-refractivity contribution in [1.29, 1.82) is 0 Å². The van der Waals surface area contributed by atoms with Gasteiger partial charge < -0.3 is 4.74 Å². The van der Waals surface area contributed by atoms with Crippen molar-refractivity contribution in [2.24, 2.45) is 7.05 Å². The highest BCUT2D eigenvalue weighted by molar-refractivity contribution is 14.1. The minimum Gasteiger partial charge on any atom is -0.457 e. The summed E-state index contributed by atoms with van der Waals surface area (Å²) in [6, 6.07) is 10.1. The third-order valence-corrected chi connectivity index (χ3v) is 3.71. The predicted molar refractivity (Wildman–Crippen MR) is 85.6 cm³/mol. The first-order valence-electron chi connectivity index (χ1n) is 6.21. The maximum absolute atomic E-state index is 13.5. The van der Waals surface area contributed by atoms with E-state index in [-0.39, 0.29) is 5.82 Å². The van der Waals surface area contributed by atoms with E-state index in [0.717, 1.165) is 5.69 Å². The summed E-state index contributed by atoms with van der Waals surface area (Å²) < 4.78 is 21.4. The van der Waals surface area contributed by atoms with Crippen molar-refractivity contribution in [3.8, 4) is 22.9 Å². The largest absolute Gasteiger partial charge is 0.457 e. The second kappa shape index (κ2) is 5.80. The number of aromatic nitrogens is 3. The zero-order valence-corrected chi connectivity index (χ0v) is 13.3. The Morgan fingerprint density at radius 3 is 2.62 bits per heavy atom. The fourth-order valence-electron chi connectivity index (χ4n) is 1.84. The van der Waals surface area contributed by atoms with Crippen LogP contribution < -0.4 is 4.74 Å². The van der Waals surface area contributed by atoms with E-state index in [0.29, 0.717) is 20.8 Å². The highest BCUT2D eigenvalue weighted by atomic mass is 127. The van der Waals surface area contributed by atoms with E-state index in [1.54, 1.807) is 35.1 Å². The summed E-state index contributed by atoms with van der Waals surface area (Å²) in [6.07, 6.45) is 3.49. The molecule has 0 aliphatic heterocycles. The molecule has 0 amide bonds. The molecule has 1 aromatic carbocycles. The summed E-state index contributed by atoms with van der Waals surface area (Å²) in [5, 5.41) is 4.29. The molecule has 4 nitrogen and oxygen atoms in total. The van der Waals surface area contributed by atoms with Crippen LogP contribution >= 0.6 is 22.6 Å². The molecule has 0 radical (unpaired) electrons. The monoisotopic (exact) mass is 395 g/mol. The SMILES string of the molecule is Cn1ccc(-c2cc(Oc3ccc(I)c(F)c3)ccn2)n1. The second-order valence-electron chi connectivity index (χ2n) is 4.43. The molecule has 21 heavy (non-hydrogen) atoms. The van der Waals surface area contributed by atoms with Crippen molar-refractivity contribution in [3.63, 3.8) is 0 Å². The summed E-state index contributed by atoms with van der Waals surface area (Å²) in [5.41, 5.74) is 1.47. The fourth-order valence-corrected chi connectivity index (χ4v) is 2.18. The van der Waals surface area contributed by atoms with Gasteiger partial charge >= 0.3 is 0 Å². The van der Waals surface area contributed by atoms with E-state index in [2.05, 4.69) is 10.1 Å². The molecule has 3 aromatic rings. The number of hydrogen-bond acceptors (Lipinski definition) is 3. The number of pyridine rings is 1. The summed E-state index contributed by atoms with van der Waals surface area (Å²) in [7, 11) is 1.85. The molecular formula is C15H11FIN3O. The minimum absolute atomic E-state index is 0.299. The van der Waals surface area contributed by atoms with Gasteiger partial charge in [0.1, 0.15) is 23.0 Å². The summed E-state index contributed by atoms with van der Waals surface area (Å²) in [5.74, 6) is 0.740. The van der Waals surface area contributed by atoms with Crippen LogP contribution in [-0.4, -0.2) is 14.8 Å². The molecule has 0 saturated heterocycles. The molecule has 0 spiro atoms. The standard InChI is InChI=1S/C15H11FIN3O/c1-20-7-5-14(19-20)15-9-11(4-6-18-15)21-10-2-3-13(17)12(16)8-10/h2-9H,1H3. The molecule has 0 aliphatic carbocycles. The third-order valence-electron chi connectivity index (χ3n) is 2.83. The highest BCUT2D eigenvalue weighted by Gasteiger charge is 2.06. The van der Waals surface area contributed by atoms with Crippen LogP contribution in [0.15, 0.2) is 48.8 Å². The van der Waals surface area contributed by atoms with E-state index >= 15 is 0 Å². The van der Waals surface area contributed by atoms with Gasteiger partial charge in [-0.3, -0.25) is 9.67 Å². The number of aryl methyl sites for hydroxylation is 1. The van der Waals surface area contributed by atoms with Crippen molar-refractivity contribution in [1.82, 2.24) is 14.8 Å². The van der Waals surface area contributed by atoms with Crippen molar-refractivity contribution >= 4 is 22.6 Å². The first-order chi connectivity index (χ1) is 10.1. The van der Waals surface area contributed by atoms with E-state index in [9.17, 15) is 4.39 Å². The first kappa shape index (κ1) is 14.0. The van der Waals surface area contributed by atoms with Crippen molar-refractivity contribution < 1.29 is 9.13 Å². The van der Waals surface area contributed by atoms with Gasteiger partial charge in [0, 0.05) is 35.1 Å². The molecule has 0 bridgehead atoms. The first-order valence-corrected chi connectivity index (χ1v) is 7.29. The molecule has 0 atom stereocenters. The Bertz CT molecular complexity index is 788. The topological polar surface area (TPSA) is 39.9 Å². The molecule has 3 rings (SSSR count). The number of ether oxygens (including phenoxy) is 1. The Kier molecular flexibility index (Phi) is 3.87. The van der Waals surface area contributed by atoms with Gasteiger partial charge in [-0.25, -0.2) is 4.39 Å². The fraction of sp³-hybridized carbons (Fsp3) is 0.0667. The van der Waals surface area contributed by atoms with E-state index in [1.165, 1.54) is 6.07 Å². The Labute approximate surface area is 134 Å². The molecule has 0 saturated carbocycles. The number of rotatable bonds is 3. The third kappa shape index (κ3) is 3.21. The lowest BCUT2D eigenvalue weighted by molar-refractivity contribution is 0.475. The van der Waals surface area contributed by atoms with Gasteiger partial charge in [0.2, 0.25) is 0 Å². The lowest BCUT2D eigenvalue weighted by Gasteiger charge is -2.07. The average Bonchev–Trinajstić information content (AvgIpc) is 2.90. The van der Waals surface area contributed by atoms with Gasteiger partial charge in [0.05, 0.1) is 5.69 Å². The van der Waals surface area contributed by atoms with Crippen molar-refractivity contribution in [3.05, 3.63) is 58.2 Å². The molecule has 6 heteroatoms. The summed E-state index contributed by atoms with van der Waals surface area (Å²) in [4.78, 5) is 4.27. The van der Waals surface area contributed by atoms with Gasteiger partial charge in [0.15, 0.2) is 0 Å². The molecule has 106 valence electrons. The highest BCUT2D eigenvalue weighted by Crippen LogP contribution is 2.26. The molecule has 0 aliphatic rings. The Hall–Kier alpha value is -1.96. The van der Waals surface area contributed by atoms with Crippen molar-refractivity contribution in [2.75, 3.05) is 0 Å². The lowest BCUT2D eigenvalue weighted by Crippen LogP contribution is -1.91. The number of benzene rings is 1. The number of nitrogens with zero attached hydrogens (tertiary/aromatic N) is 3. The summed E-state index contributed by atoms with van der Waals surface area (Å²) in [6.45, 7) is 0. The molecule has 0 unspecified atom stereocenters. The van der Waals surface area contributed by atoms with Gasteiger partial charge in [-0.1, -0.05) is 0 Å². The number of halogens is 2. The Balaban J connectivity index is 1.87. The van der Waals surface area contributed by atoms with Gasteiger partial charge in [0.25, 0.3) is 0 Å². The van der Waals surface area contributed by atoms with E-state index in [4.69, 9.17) is 4.74 Å². The quantitative estimate of drug-likeness (QED) is 0.629. The van der Waals surface area contributed by atoms with Crippen LogP contribution in [0.1, 0.15) is 0 Å². The zero-order valence-electron chi connectivity index (χ0n) is 11.1. The molecule has 0 N–H and O–H groups in total. The van der Waals surface area contributed by atoms with Crippen LogP contribution in [0.2, 0.25) is 0 Å². The molecule has 2 aromatic heterocycles. The van der Waals surface area contributed by atoms with E-state index in [1.807, 2.05) is 41.9 Å². The summed E-state index contributed by atoms with van der Waals surface area (Å²) >= 11 is 1.94. The van der Waals surface area contributed by atoms with Crippen LogP contribution in [0, 0.1) is 9.39 Å². The van der Waals surface area contributed by atoms with E-state index < -0.39 is 0 Å². The molecule has 2 heterocycles. The predicted octanol–water partition coefficient (Wildman–Crippen LogP) is 4.02. The van der Waals surface area contributed by atoms with Gasteiger partial charge in [-0.2, -0.15) is 5.10 Å². The van der Waals surface area contributed by atoms with Crippen LogP contribution in [0.3, 0.4) is 0 Å². The molecule has 0 fully saturated rings. The second-order valence-corrected chi connectivity index (χ2v) is 5.59. The van der Waals surface area contributed by atoms with Crippen LogP contribution in [0.4, 0.5) is 4.39 Å². The Morgan fingerprint density at radius 2 is 1.90 bits per heavy atom. The normalized spacial score (nSPS) is 10.6. The maximum atomic E-state index is 13.5. The van der Waals surface area contributed by atoms with Crippen LogP contribution in [-0.2, 0) is 7.05 Å². The lowest BCUT2D eigenvalue weighted by atomic mass is 10.2. The van der Waals surface area contributed by atoms with Crippen molar-refractivity contribution in [2.45, 2.75) is 0 Å². The van der Waals surface area contributed by atoms with Crippen LogP contribution in [0.5, 0.6) is 11.5 Å². The van der Waals surface area contributed by atoms with Crippen LogP contribution in [0.25, 0.3) is 11.4 Å². The zero-order chi connectivity index (χ0) is 14.8. The maximum Gasteiger partial charge on any atom is 0.140 e. The van der Waals surface area contributed by atoms with Gasteiger partial charge in [-0.15, -0.1) is 0 Å². The Morgan fingerprint density at radius 1 is 1.10 bits per heavy atom.